The van der Waals surface area contributed by atoms with Gasteiger partial charge in [-0.3, -0.25) is 4.90 Å². The number of pyridine rings is 1. The van der Waals surface area contributed by atoms with E-state index in [0.29, 0.717) is 0 Å². The van der Waals surface area contributed by atoms with Crippen molar-refractivity contribution in [2.45, 2.75) is 38.3 Å². The van der Waals surface area contributed by atoms with Crippen LogP contribution in [-0.2, 0) is 6.54 Å². The van der Waals surface area contributed by atoms with E-state index < -0.39 is 6.09 Å². The molecule has 1 N–H and O–H groups in total. The zero-order valence-corrected chi connectivity index (χ0v) is 13.8. The van der Waals surface area contributed by atoms with E-state index in [9.17, 15) is 4.79 Å². The number of hydrogen-bond acceptors (Lipinski definition) is 4. The molecular formula is C17H26N4O2. The van der Waals surface area contributed by atoms with Crippen LogP contribution in [0.2, 0.25) is 0 Å². The van der Waals surface area contributed by atoms with E-state index >= 15 is 0 Å². The molecule has 2 fully saturated rings. The van der Waals surface area contributed by atoms with E-state index in [2.05, 4.69) is 26.9 Å². The van der Waals surface area contributed by atoms with Crippen molar-refractivity contribution in [2.75, 3.05) is 38.1 Å². The number of aromatic nitrogens is 1. The van der Waals surface area contributed by atoms with Crippen molar-refractivity contribution in [1.29, 1.82) is 0 Å². The lowest BCUT2D eigenvalue weighted by Crippen LogP contribution is -2.44. The highest BCUT2D eigenvalue weighted by Crippen LogP contribution is 2.21. The topological polar surface area (TPSA) is 59.9 Å². The first-order valence-electron chi connectivity index (χ1n) is 8.51. The number of amides is 1. The van der Waals surface area contributed by atoms with Crippen LogP contribution < -0.4 is 4.90 Å². The Kier molecular flexibility index (Phi) is 5.00. The van der Waals surface area contributed by atoms with Crippen LogP contribution in [-0.4, -0.2) is 65.3 Å². The molecule has 1 aromatic rings. The van der Waals surface area contributed by atoms with E-state index in [-0.39, 0.29) is 6.04 Å². The Hall–Kier alpha value is -1.82. The first kappa shape index (κ1) is 16.1. The Morgan fingerprint density at radius 2 is 2.00 bits per heavy atom. The number of carboxylic acid groups (broad SMARTS) is 1. The summed E-state index contributed by atoms with van der Waals surface area (Å²) in [6.45, 7) is 5.05. The van der Waals surface area contributed by atoms with E-state index in [1.54, 1.807) is 7.05 Å². The first-order valence-corrected chi connectivity index (χ1v) is 8.51. The standard InChI is InChI=1S/C17H26N4O2/c1-19(17(22)23)15-5-10-20(11-6-15)13-14-4-7-18-16(12-14)21-8-2-3-9-21/h4,7,12,15H,2-3,5-6,8-11,13H2,1H3,(H,22,23). The summed E-state index contributed by atoms with van der Waals surface area (Å²) in [5.41, 5.74) is 1.30. The Morgan fingerprint density at radius 1 is 1.30 bits per heavy atom. The third kappa shape index (κ3) is 3.93. The van der Waals surface area contributed by atoms with Crippen LogP contribution in [0.15, 0.2) is 18.3 Å². The van der Waals surface area contributed by atoms with Crippen LogP contribution in [0.25, 0.3) is 0 Å². The lowest BCUT2D eigenvalue weighted by Gasteiger charge is -2.35. The maximum absolute atomic E-state index is 11.0. The molecule has 0 aromatic carbocycles. The van der Waals surface area contributed by atoms with Gasteiger partial charge in [0.2, 0.25) is 0 Å². The van der Waals surface area contributed by atoms with Gasteiger partial charge in [0.1, 0.15) is 5.82 Å². The van der Waals surface area contributed by atoms with E-state index in [1.165, 1.54) is 23.3 Å². The van der Waals surface area contributed by atoms with Crippen molar-refractivity contribution >= 4 is 11.9 Å². The van der Waals surface area contributed by atoms with Gasteiger partial charge < -0.3 is 14.9 Å². The summed E-state index contributed by atoms with van der Waals surface area (Å²) >= 11 is 0. The molecule has 23 heavy (non-hydrogen) atoms. The molecule has 6 heteroatoms. The van der Waals surface area contributed by atoms with Gasteiger partial charge >= 0.3 is 6.09 Å². The van der Waals surface area contributed by atoms with Crippen LogP contribution >= 0.6 is 0 Å². The minimum absolute atomic E-state index is 0.154. The van der Waals surface area contributed by atoms with E-state index in [0.717, 1.165) is 51.4 Å². The highest BCUT2D eigenvalue weighted by molar-refractivity contribution is 5.64. The highest BCUT2D eigenvalue weighted by Gasteiger charge is 2.25. The zero-order chi connectivity index (χ0) is 16.2. The summed E-state index contributed by atoms with van der Waals surface area (Å²) in [6, 6.07) is 4.46. The molecule has 0 radical (unpaired) electrons. The van der Waals surface area contributed by atoms with Crippen LogP contribution in [0, 0.1) is 0 Å². The Morgan fingerprint density at radius 3 is 2.65 bits per heavy atom. The molecule has 0 spiro atoms. The quantitative estimate of drug-likeness (QED) is 0.923. The molecule has 3 heterocycles. The monoisotopic (exact) mass is 318 g/mol. The van der Waals surface area contributed by atoms with Crippen molar-refractivity contribution in [3.8, 4) is 0 Å². The molecule has 2 aliphatic heterocycles. The average molecular weight is 318 g/mol. The minimum atomic E-state index is -0.826. The zero-order valence-electron chi connectivity index (χ0n) is 13.8. The molecular weight excluding hydrogens is 292 g/mol. The van der Waals surface area contributed by atoms with Gasteiger partial charge in [0.05, 0.1) is 0 Å². The molecule has 0 saturated carbocycles. The molecule has 0 atom stereocenters. The van der Waals surface area contributed by atoms with Crippen molar-refractivity contribution in [1.82, 2.24) is 14.8 Å². The summed E-state index contributed by atoms with van der Waals surface area (Å²) in [7, 11) is 1.67. The fraction of sp³-hybridized carbons (Fsp3) is 0.647. The number of likely N-dealkylation sites (tertiary alicyclic amines) is 1. The third-order valence-electron chi connectivity index (χ3n) is 5.05. The minimum Gasteiger partial charge on any atom is -0.465 e. The van der Waals surface area contributed by atoms with Crippen molar-refractivity contribution in [3.63, 3.8) is 0 Å². The molecule has 2 saturated heterocycles. The lowest BCUT2D eigenvalue weighted by molar-refractivity contribution is 0.103. The molecule has 6 nitrogen and oxygen atoms in total. The van der Waals surface area contributed by atoms with Gasteiger partial charge in [0, 0.05) is 52.0 Å². The largest absolute Gasteiger partial charge is 0.465 e. The number of hydrogen-bond donors (Lipinski definition) is 1. The molecule has 1 aromatic heterocycles. The van der Waals surface area contributed by atoms with Gasteiger partial charge in [-0.15, -0.1) is 0 Å². The summed E-state index contributed by atoms with van der Waals surface area (Å²) < 4.78 is 0. The number of anilines is 1. The molecule has 126 valence electrons. The third-order valence-corrected chi connectivity index (χ3v) is 5.05. The van der Waals surface area contributed by atoms with Crippen LogP contribution in [0.4, 0.5) is 10.6 Å². The Labute approximate surface area is 137 Å². The molecule has 2 aliphatic rings. The summed E-state index contributed by atoms with van der Waals surface area (Å²) in [5, 5.41) is 9.07. The molecule has 0 unspecified atom stereocenters. The number of nitrogens with zero attached hydrogens (tertiary/aromatic N) is 4. The van der Waals surface area contributed by atoms with Crippen LogP contribution in [0.3, 0.4) is 0 Å². The second-order valence-electron chi connectivity index (χ2n) is 6.62. The van der Waals surface area contributed by atoms with Gasteiger partial charge in [0.25, 0.3) is 0 Å². The van der Waals surface area contributed by atoms with Crippen molar-refractivity contribution < 1.29 is 9.90 Å². The summed E-state index contributed by atoms with van der Waals surface area (Å²) in [4.78, 5) is 21.8. The Balaban J connectivity index is 1.54. The normalized spacial score (nSPS) is 20.0. The van der Waals surface area contributed by atoms with Gasteiger partial charge in [-0.1, -0.05) is 0 Å². The average Bonchev–Trinajstić information content (AvgIpc) is 3.10. The van der Waals surface area contributed by atoms with Crippen LogP contribution in [0.1, 0.15) is 31.2 Å². The highest BCUT2D eigenvalue weighted by atomic mass is 16.4. The van der Waals surface area contributed by atoms with Crippen molar-refractivity contribution in [2.24, 2.45) is 0 Å². The van der Waals surface area contributed by atoms with Crippen molar-refractivity contribution in [3.05, 3.63) is 23.9 Å². The predicted molar refractivity (Wildman–Crippen MR) is 89.8 cm³/mol. The van der Waals surface area contributed by atoms with Gasteiger partial charge in [0.15, 0.2) is 0 Å². The van der Waals surface area contributed by atoms with E-state index in [1.807, 2.05) is 6.20 Å². The number of rotatable bonds is 4. The van der Waals surface area contributed by atoms with Gasteiger partial charge in [-0.25, -0.2) is 9.78 Å². The smallest absolute Gasteiger partial charge is 0.407 e. The fourth-order valence-corrected chi connectivity index (χ4v) is 3.56. The van der Waals surface area contributed by atoms with E-state index in [4.69, 9.17) is 5.11 Å². The van der Waals surface area contributed by atoms with Gasteiger partial charge in [-0.05, 0) is 43.4 Å². The second-order valence-corrected chi connectivity index (χ2v) is 6.62. The second kappa shape index (κ2) is 7.17. The number of carbonyl (C=O) groups is 1. The maximum atomic E-state index is 11.0. The molecule has 3 rings (SSSR count). The lowest BCUT2D eigenvalue weighted by atomic mass is 10.0. The summed E-state index contributed by atoms with van der Waals surface area (Å²) in [6.07, 6.45) is 5.42. The maximum Gasteiger partial charge on any atom is 0.407 e. The number of piperidine rings is 1. The summed E-state index contributed by atoms with van der Waals surface area (Å²) in [5.74, 6) is 1.10. The SMILES string of the molecule is CN(C(=O)O)C1CCN(Cc2ccnc(N3CCCC3)c2)CC1. The molecule has 0 bridgehead atoms. The first-order chi connectivity index (χ1) is 11.1. The van der Waals surface area contributed by atoms with Gasteiger partial charge in [-0.2, -0.15) is 0 Å². The molecule has 1 amide bonds. The molecule has 0 aliphatic carbocycles. The Bertz CT molecular complexity index is 537. The fourth-order valence-electron chi connectivity index (χ4n) is 3.56. The van der Waals surface area contributed by atoms with Crippen LogP contribution in [0.5, 0.6) is 0 Å². The predicted octanol–water partition coefficient (Wildman–Crippen LogP) is 2.26.